The molecule has 1 aromatic heterocycles. The number of hydrogen-bond acceptors (Lipinski definition) is 2. The second-order valence-electron chi connectivity index (χ2n) is 7.65. The summed E-state index contributed by atoms with van der Waals surface area (Å²) in [4.78, 5) is 12.6. The van der Waals surface area contributed by atoms with Crippen LogP contribution in [0.4, 0.5) is 18.9 Å². The monoisotopic (exact) mass is 437 g/mol. The van der Waals surface area contributed by atoms with Gasteiger partial charge in [-0.1, -0.05) is 23.8 Å². The SMILES string of the molecule is Cc1ccc(-n2c(C)cc(/C=C(/C#N)C(=O)Nc3cccc(C(F)(F)F)c3)c2C)c(C)c1. The largest absolute Gasteiger partial charge is 0.416 e. The van der Waals surface area contributed by atoms with Gasteiger partial charge in [0.15, 0.2) is 0 Å². The highest BCUT2D eigenvalue weighted by Gasteiger charge is 2.30. The van der Waals surface area contributed by atoms with Crippen LogP contribution in [0.5, 0.6) is 0 Å². The maximum Gasteiger partial charge on any atom is 0.416 e. The van der Waals surface area contributed by atoms with Gasteiger partial charge in [-0.15, -0.1) is 0 Å². The van der Waals surface area contributed by atoms with E-state index in [4.69, 9.17) is 0 Å². The van der Waals surface area contributed by atoms with Crippen LogP contribution in [0, 0.1) is 39.0 Å². The number of hydrogen-bond donors (Lipinski definition) is 1. The minimum Gasteiger partial charge on any atom is -0.321 e. The molecular weight excluding hydrogens is 415 g/mol. The van der Waals surface area contributed by atoms with Crippen molar-refractivity contribution in [3.63, 3.8) is 0 Å². The van der Waals surface area contributed by atoms with Crippen molar-refractivity contribution < 1.29 is 18.0 Å². The van der Waals surface area contributed by atoms with Crippen molar-refractivity contribution in [2.24, 2.45) is 0 Å². The van der Waals surface area contributed by atoms with Crippen molar-refractivity contribution in [3.05, 3.63) is 87.7 Å². The van der Waals surface area contributed by atoms with Crippen LogP contribution < -0.4 is 5.32 Å². The predicted molar refractivity (Wildman–Crippen MR) is 118 cm³/mol. The number of nitriles is 1. The number of aromatic nitrogens is 1. The molecule has 164 valence electrons. The number of nitrogens with one attached hydrogen (secondary N) is 1. The number of carbonyl (C=O) groups is 1. The van der Waals surface area contributed by atoms with Gasteiger partial charge < -0.3 is 9.88 Å². The van der Waals surface area contributed by atoms with E-state index in [1.807, 2.05) is 56.5 Å². The Morgan fingerprint density at radius 3 is 2.41 bits per heavy atom. The third kappa shape index (κ3) is 4.75. The topological polar surface area (TPSA) is 57.8 Å². The van der Waals surface area contributed by atoms with Gasteiger partial charge in [-0.05, 0) is 75.2 Å². The van der Waals surface area contributed by atoms with Gasteiger partial charge in [-0.3, -0.25) is 4.79 Å². The Bertz CT molecular complexity index is 1260. The van der Waals surface area contributed by atoms with Crippen LogP contribution in [0.15, 0.2) is 54.1 Å². The Labute approximate surface area is 184 Å². The third-order valence-electron chi connectivity index (χ3n) is 5.18. The summed E-state index contributed by atoms with van der Waals surface area (Å²) in [6.45, 7) is 7.85. The van der Waals surface area contributed by atoms with Gasteiger partial charge in [0.1, 0.15) is 11.6 Å². The summed E-state index contributed by atoms with van der Waals surface area (Å²) >= 11 is 0. The second-order valence-corrected chi connectivity index (χ2v) is 7.65. The maximum atomic E-state index is 12.9. The molecule has 0 atom stereocenters. The van der Waals surface area contributed by atoms with Crippen LogP contribution in [0.1, 0.15) is 33.6 Å². The molecule has 0 aliphatic carbocycles. The summed E-state index contributed by atoms with van der Waals surface area (Å²) in [5.41, 5.74) is 4.56. The van der Waals surface area contributed by atoms with Gasteiger partial charge in [0.05, 0.1) is 5.56 Å². The number of nitrogens with zero attached hydrogens (tertiary/aromatic N) is 2. The lowest BCUT2D eigenvalue weighted by Crippen LogP contribution is -2.14. The lowest BCUT2D eigenvalue weighted by atomic mass is 10.1. The summed E-state index contributed by atoms with van der Waals surface area (Å²) < 4.78 is 40.8. The molecule has 0 radical (unpaired) electrons. The Hall–Kier alpha value is -3.79. The van der Waals surface area contributed by atoms with Crippen molar-refractivity contribution in [2.45, 2.75) is 33.9 Å². The van der Waals surface area contributed by atoms with Crippen LogP contribution >= 0.6 is 0 Å². The van der Waals surface area contributed by atoms with E-state index in [-0.39, 0.29) is 11.3 Å². The molecule has 0 unspecified atom stereocenters. The third-order valence-corrected chi connectivity index (χ3v) is 5.18. The average molecular weight is 437 g/mol. The van der Waals surface area contributed by atoms with Crippen molar-refractivity contribution in [1.82, 2.24) is 4.57 Å². The quantitative estimate of drug-likeness (QED) is 0.386. The molecule has 1 N–H and O–H groups in total. The molecule has 0 fully saturated rings. The number of alkyl halides is 3. The number of aryl methyl sites for hydroxylation is 3. The Morgan fingerprint density at radius 2 is 1.78 bits per heavy atom. The molecular formula is C25H22F3N3O. The number of anilines is 1. The molecule has 0 aliphatic heterocycles. The molecule has 32 heavy (non-hydrogen) atoms. The lowest BCUT2D eigenvalue weighted by Gasteiger charge is -2.13. The predicted octanol–water partition coefficient (Wildman–Crippen LogP) is 6.28. The molecule has 3 rings (SSSR count). The van der Waals surface area contributed by atoms with Crippen LogP contribution in [0.25, 0.3) is 11.8 Å². The first-order valence-electron chi connectivity index (χ1n) is 9.88. The standard InChI is InChI=1S/C25H22F3N3O/c1-15-8-9-23(16(2)10-15)31-17(3)11-19(18(31)4)12-20(14-29)24(32)30-22-7-5-6-21(13-22)25(26,27)28/h5-13H,1-4H3,(H,30,32)/b20-12-. The number of carbonyl (C=O) groups excluding carboxylic acids is 1. The smallest absolute Gasteiger partial charge is 0.321 e. The van der Waals surface area contributed by atoms with Crippen LogP contribution in [-0.4, -0.2) is 10.5 Å². The summed E-state index contributed by atoms with van der Waals surface area (Å²) in [6, 6.07) is 14.1. The molecule has 0 saturated carbocycles. The minimum absolute atomic E-state index is 0.0354. The number of amides is 1. The van der Waals surface area contributed by atoms with Crippen molar-refractivity contribution in [2.75, 3.05) is 5.32 Å². The summed E-state index contributed by atoms with van der Waals surface area (Å²) in [5.74, 6) is -0.775. The molecule has 4 nitrogen and oxygen atoms in total. The zero-order chi connectivity index (χ0) is 23.6. The van der Waals surface area contributed by atoms with Crippen LogP contribution in [-0.2, 0) is 11.0 Å². The molecule has 2 aromatic carbocycles. The van der Waals surface area contributed by atoms with E-state index in [1.54, 1.807) is 0 Å². The average Bonchev–Trinajstić information content (AvgIpc) is 2.99. The fourth-order valence-electron chi connectivity index (χ4n) is 3.64. The van der Waals surface area contributed by atoms with E-state index in [9.17, 15) is 23.2 Å². The van der Waals surface area contributed by atoms with Crippen LogP contribution in [0.2, 0.25) is 0 Å². The highest BCUT2D eigenvalue weighted by Crippen LogP contribution is 2.31. The van der Waals surface area contributed by atoms with E-state index in [1.165, 1.54) is 18.2 Å². The molecule has 0 bridgehead atoms. The Balaban J connectivity index is 1.93. The van der Waals surface area contributed by atoms with E-state index < -0.39 is 17.6 Å². The van der Waals surface area contributed by atoms with Gasteiger partial charge in [-0.2, -0.15) is 18.4 Å². The minimum atomic E-state index is -4.53. The molecule has 1 heterocycles. The number of benzene rings is 2. The maximum absolute atomic E-state index is 12.9. The molecule has 0 aliphatic rings. The van der Waals surface area contributed by atoms with Crippen molar-refractivity contribution >= 4 is 17.7 Å². The summed E-state index contributed by atoms with van der Waals surface area (Å²) in [5, 5.41) is 11.9. The first kappa shape index (κ1) is 22.9. The second kappa shape index (κ2) is 8.75. The van der Waals surface area contributed by atoms with Crippen LogP contribution in [0.3, 0.4) is 0 Å². The van der Waals surface area contributed by atoms with Gasteiger partial charge in [0.25, 0.3) is 5.91 Å². The lowest BCUT2D eigenvalue weighted by molar-refractivity contribution is -0.137. The zero-order valence-electron chi connectivity index (χ0n) is 18.1. The first-order valence-corrected chi connectivity index (χ1v) is 9.88. The molecule has 3 aromatic rings. The van der Waals surface area contributed by atoms with Gasteiger partial charge >= 0.3 is 6.18 Å². The Kier molecular flexibility index (Phi) is 6.26. The molecule has 0 spiro atoms. The van der Waals surface area contributed by atoms with Crippen molar-refractivity contribution in [3.8, 4) is 11.8 Å². The Morgan fingerprint density at radius 1 is 1.06 bits per heavy atom. The number of rotatable bonds is 4. The molecule has 0 saturated heterocycles. The zero-order valence-corrected chi connectivity index (χ0v) is 18.1. The highest BCUT2D eigenvalue weighted by atomic mass is 19.4. The summed E-state index contributed by atoms with van der Waals surface area (Å²) in [7, 11) is 0. The number of halogens is 3. The van der Waals surface area contributed by atoms with E-state index in [0.717, 1.165) is 40.3 Å². The molecule has 7 heteroatoms. The molecule has 1 amide bonds. The highest BCUT2D eigenvalue weighted by molar-refractivity contribution is 6.09. The van der Waals surface area contributed by atoms with Gasteiger partial charge in [0.2, 0.25) is 0 Å². The summed E-state index contributed by atoms with van der Waals surface area (Å²) in [6.07, 6.45) is -3.08. The fraction of sp³-hybridized carbons (Fsp3) is 0.200. The first-order chi connectivity index (χ1) is 15.0. The van der Waals surface area contributed by atoms with E-state index in [2.05, 4.69) is 11.4 Å². The van der Waals surface area contributed by atoms with Gasteiger partial charge in [-0.25, -0.2) is 0 Å². The normalized spacial score (nSPS) is 11.9. The van der Waals surface area contributed by atoms with E-state index >= 15 is 0 Å². The van der Waals surface area contributed by atoms with E-state index in [0.29, 0.717) is 5.56 Å². The van der Waals surface area contributed by atoms with Crippen molar-refractivity contribution in [1.29, 1.82) is 5.26 Å². The van der Waals surface area contributed by atoms with Gasteiger partial charge in [0, 0.05) is 22.8 Å². The fourth-order valence-corrected chi connectivity index (χ4v) is 3.64.